The minimum atomic E-state index is 0.157. The number of hydrogen-bond acceptors (Lipinski definition) is 5. The highest BCUT2D eigenvalue weighted by Gasteiger charge is 2.54. The Balaban J connectivity index is 1.45. The van der Waals surface area contributed by atoms with E-state index in [9.17, 15) is 0 Å². The molecule has 1 unspecified atom stereocenters. The van der Waals surface area contributed by atoms with Gasteiger partial charge in [0, 0.05) is 24.2 Å². The molecule has 6 rings (SSSR count). The van der Waals surface area contributed by atoms with Crippen LogP contribution in [0.2, 0.25) is 0 Å². The highest BCUT2D eigenvalue weighted by atomic mass is 16.5. The van der Waals surface area contributed by atoms with E-state index in [0.29, 0.717) is 11.9 Å². The third-order valence-corrected chi connectivity index (χ3v) is 8.04. The van der Waals surface area contributed by atoms with Gasteiger partial charge in [0.15, 0.2) is 5.65 Å². The molecule has 0 saturated carbocycles. The predicted octanol–water partition coefficient (Wildman–Crippen LogP) is 4.96. The van der Waals surface area contributed by atoms with Crippen LogP contribution < -0.4 is 9.22 Å². The molecule has 0 spiro atoms. The number of rotatable bonds is 6. The number of hydrogen-bond donors (Lipinski definition) is 0. The highest BCUT2D eigenvalue weighted by Crippen LogP contribution is 2.44. The Bertz CT molecular complexity index is 1360. The lowest BCUT2D eigenvalue weighted by Crippen LogP contribution is -2.36. The Morgan fingerprint density at radius 2 is 1.69 bits per heavy atom. The molecule has 2 aliphatic heterocycles. The van der Waals surface area contributed by atoms with Gasteiger partial charge in [-0.1, -0.05) is 56.3 Å². The second kappa shape index (κ2) is 8.57. The molecule has 0 bridgehead atoms. The van der Waals surface area contributed by atoms with Gasteiger partial charge >= 0.3 is 12.0 Å². The van der Waals surface area contributed by atoms with Crippen molar-refractivity contribution in [1.29, 1.82) is 0 Å². The number of likely N-dealkylation sites (tertiary alicyclic amines) is 1. The van der Waals surface area contributed by atoms with Crippen molar-refractivity contribution in [3.8, 4) is 6.01 Å². The fraction of sp³-hybridized carbons (Fsp3) is 0.464. The summed E-state index contributed by atoms with van der Waals surface area (Å²) in [5.41, 5.74) is 3.36. The molecule has 182 valence electrons. The van der Waals surface area contributed by atoms with Gasteiger partial charge in [-0.3, -0.25) is 0 Å². The van der Waals surface area contributed by atoms with E-state index in [1.54, 1.807) is 0 Å². The van der Waals surface area contributed by atoms with Crippen LogP contribution in [0.1, 0.15) is 56.7 Å². The number of fused-ring (bicyclic) bond motifs is 2. The molecule has 2 aliphatic rings. The molecule has 0 aliphatic carbocycles. The van der Waals surface area contributed by atoms with Crippen LogP contribution in [0.3, 0.4) is 0 Å². The summed E-state index contributed by atoms with van der Waals surface area (Å²) in [5, 5.41) is 7.38. The van der Waals surface area contributed by atoms with Gasteiger partial charge in [0.2, 0.25) is 0 Å². The largest absolute Gasteiger partial charge is 0.460 e. The number of aromatic nitrogens is 4. The van der Waals surface area contributed by atoms with Crippen molar-refractivity contribution in [2.24, 2.45) is 0 Å². The third-order valence-electron chi connectivity index (χ3n) is 8.04. The molecular formula is C28H35N6O+. The van der Waals surface area contributed by atoms with Gasteiger partial charge in [0.25, 0.3) is 0 Å². The fourth-order valence-electron chi connectivity index (χ4n) is 5.61. The summed E-state index contributed by atoms with van der Waals surface area (Å²) in [6, 6.07) is 16.0. The highest BCUT2D eigenvalue weighted by molar-refractivity contribution is 5.86. The molecule has 2 saturated heterocycles. The van der Waals surface area contributed by atoms with Gasteiger partial charge in [0.05, 0.1) is 6.20 Å². The van der Waals surface area contributed by atoms with E-state index in [4.69, 9.17) is 19.8 Å². The summed E-state index contributed by atoms with van der Waals surface area (Å²) >= 11 is 0. The molecule has 7 heteroatoms. The van der Waals surface area contributed by atoms with Crippen LogP contribution in [0, 0.1) is 0 Å². The lowest BCUT2D eigenvalue weighted by molar-refractivity contribution is 0.105. The van der Waals surface area contributed by atoms with Gasteiger partial charge in [-0.2, -0.15) is 10.1 Å². The average Bonchev–Trinajstić information content (AvgIpc) is 3.56. The lowest BCUT2D eigenvalue weighted by Gasteiger charge is -2.29. The monoisotopic (exact) mass is 471 g/mol. The van der Waals surface area contributed by atoms with Crippen molar-refractivity contribution in [3.63, 3.8) is 0 Å². The number of ether oxygens (including phenoxy) is 1. The molecule has 0 N–H and O–H groups in total. The molecule has 4 aromatic rings. The number of quaternary nitrogens is 1. The zero-order valence-electron chi connectivity index (χ0n) is 21.2. The predicted molar refractivity (Wildman–Crippen MR) is 140 cm³/mol. The summed E-state index contributed by atoms with van der Waals surface area (Å²) in [4.78, 5) is 12.3. The van der Waals surface area contributed by atoms with E-state index in [-0.39, 0.29) is 12.1 Å². The second-order valence-electron chi connectivity index (χ2n) is 10.6. The Kier molecular flexibility index (Phi) is 5.49. The van der Waals surface area contributed by atoms with Crippen LogP contribution in [-0.4, -0.2) is 63.8 Å². The molecule has 2 aromatic carbocycles. The molecule has 0 amide bonds. The SMILES string of the molecule is CC(C)c1cnn2c([N+]3(C(C)c4cccc5ccccc45)CC3)nc(OC3CCN(C)CC3)nc12. The Labute approximate surface area is 206 Å². The summed E-state index contributed by atoms with van der Waals surface area (Å²) < 4.78 is 9.17. The normalized spacial score (nSPS) is 19.5. The van der Waals surface area contributed by atoms with E-state index < -0.39 is 0 Å². The van der Waals surface area contributed by atoms with Crippen molar-refractivity contribution in [2.45, 2.75) is 51.7 Å². The first-order chi connectivity index (χ1) is 17.0. The minimum Gasteiger partial charge on any atom is -0.460 e. The van der Waals surface area contributed by atoms with E-state index in [1.165, 1.54) is 16.3 Å². The second-order valence-corrected chi connectivity index (χ2v) is 10.6. The molecular weight excluding hydrogens is 436 g/mol. The first kappa shape index (κ1) is 22.4. The van der Waals surface area contributed by atoms with E-state index >= 15 is 0 Å². The van der Waals surface area contributed by atoms with Crippen LogP contribution in [-0.2, 0) is 0 Å². The zero-order valence-corrected chi connectivity index (χ0v) is 21.2. The summed E-state index contributed by atoms with van der Waals surface area (Å²) in [6.45, 7) is 10.9. The van der Waals surface area contributed by atoms with Crippen molar-refractivity contribution in [2.75, 3.05) is 33.2 Å². The van der Waals surface area contributed by atoms with Crippen LogP contribution in [0.5, 0.6) is 6.01 Å². The first-order valence-corrected chi connectivity index (χ1v) is 12.9. The Morgan fingerprint density at radius 3 is 2.43 bits per heavy atom. The minimum absolute atomic E-state index is 0.157. The maximum atomic E-state index is 6.44. The van der Waals surface area contributed by atoms with Gasteiger partial charge in [-0.25, -0.2) is 4.48 Å². The summed E-state index contributed by atoms with van der Waals surface area (Å²) in [5.74, 6) is 1.26. The van der Waals surface area contributed by atoms with E-state index in [1.807, 2.05) is 10.7 Å². The molecule has 2 aromatic heterocycles. The first-order valence-electron chi connectivity index (χ1n) is 12.9. The smallest absolute Gasteiger partial charge is 0.337 e. The quantitative estimate of drug-likeness (QED) is 0.294. The standard InChI is InChI=1S/C28H35N6O/c1-19(2)25-18-29-33-26(25)30-27(35-22-12-14-32(4)15-13-22)31-28(33)34(16-17-34)20(3)23-11-7-9-21-8-5-6-10-24(21)23/h5-11,18-20,22H,12-17H2,1-4H3/q+1. The van der Waals surface area contributed by atoms with Crippen molar-refractivity contribution < 1.29 is 4.74 Å². The van der Waals surface area contributed by atoms with Crippen molar-refractivity contribution in [1.82, 2.24) is 29.0 Å². The molecule has 1 atom stereocenters. The molecule has 2 fully saturated rings. The topological polar surface area (TPSA) is 55.6 Å². The number of benzene rings is 2. The van der Waals surface area contributed by atoms with Gasteiger partial charge < -0.3 is 9.64 Å². The van der Waals surface area contributed by atoms with Gasteiger partial charge in [0.1, 0.15) is 25.2 Å². The van der Waals surface area contributed by atoms with E-state index in [0.717, 1.165) is 60.7 Å². The fourth-order valence-corrected chi connectivity index (χ4v) is 5.61. The zero-order chi connectivity index (χ0) is 24.2. The van der Waals surface area contributed by atoms with Crippen molar-refractivity contribution in [3.05, 3.63) is 59.8 Å². The van der Waals surface area contributed by atoms with E-state index in [2.05, 4.69) is 75.2 Å². The molecule has 4 heterocycles. The summed E-state index contributed by atoms with van der Waals surface area (Å²) in [7, 11) is 2.17. The Morgan fingerprint density at radius 1 is 0.943 bits per heavy atom. The maximum Gasteiger partial charge on any atom is 0.337 e. The third kappa shape index (κ3) is 3.87. The van der Waals surface area contributed by atoms with Gasteiger partial charge in [-0.05, 0) is 43.5 Å². The van der Waals surface area contributed by atoms with Crippen LogP contribution in [0.4, 0.5) is 5.95 Å². The number of piperidine rings is 1. The van der Waals surface area contributed by atoms with Crippen LogP contribution in [0.25, 0.3) is 16.4 Å². The molecule has 7 nitrogen and oxygen atoms in total. The molecule has 0 radical (unpaired) electrons. The van der Waals surface area contributed by atoms with Crippen LogP contribution >= 0.6 is 0 Å². The lowest BCUT2D eigenvalue weighted by atomic mass is 9.99. The average molecular weight is 472 g/mol. The Hall–Kier alpha value is -3.03. The van der Waals surface area contributed by atoms with Crippen molar-refractivity contribution >= 4 is 22.4 Å². The molecule has 35 heavy (non-hydrogen) atoms. The summed E-state index contributed by atoms with van der Waals surface area (Å²) in [6.07, 6.45) is 4.12. The number of nitrogens with zero attached hydrogens (tertiary/aromatic N) is 6. The van der Waals surface area contributed by atoms with Crippen LogP contribution in [0.15, 0.2) is 48.7 Å². The van der Waals surface area contributed by atoms with Gasteiger partial charge in [-0.15, -0.1) is 9.50 Å². The maximum absolute atomic E-state index is 6.44.